The van der Waals surface area contributed by atoms with Gasteiger partial charge in [0.15, 0.2) is 0 Å². The van der Waals surface area contributed by atoms with Crippen molar-refractivity contribution < 1.29 is 9.59 Å². The average Bonchev–Trinajstić information content (AvgIpc) is 3.00. The third-order valence-electron chi connectivity index (χ3n) is 3.12. The van der Waals surface area contributed by atoms with Crippen LogP contribution in [0.1, 0.15) is 20.8 Å². The zero-order valence-corrected chi connectivity index (χ0v) is 10.9. The van der Waals surface area contributed by atoms with Gasteiger partial charge in [-0.1, -0.05) is 23.5 Å². The number of rotatable bonds is 1. The number of fused-ring (bicyclic) bond motifs is 2. The van der Waals surface area contributed by atoms with Gasteiger partial charge in [0.05, 0.1) is 15.8 Å². The molecule has 4 rings (SSSR count). The van der Waals surface area contributed by atoms with Crippen molar-refractivity contribution >= 4 is 38.5 Å². The van der Waals surface area contributed by atoms with Gasteiger partial charge in [0, 0.05) is 6.20 Å². The fraction of sp³-hybridized carbons (Fsp3) is 0. The van der Waals surface area contributed by atoms with Gasteiger partial charge in [-0.05, 0) is 24.3 Å². The van der Waals surface area contributed by atoms with Crippen molar-refractivity contribution in [3.63, 3.8) is 0 Å². The first kappa shape index (κ1) is 11.2. The number of para-hydroxylation sites is 1. The Kier molecular flexibility index (Phi) is 2.22. The average molecular weight is 281 g/mol. The minimum absolute atomic E-state index is 0.191. The van der Waals surface area contributed by atoms with E-state index in [4.69, 9.17) is 0 Å². The van der Waals surface area contributed by atoms with Crippen LogP contribution in [0, 0.1) is 0 Å². The van der Waals surface area contributed by atoms with E-state index in [0.717, 1.165) is 15.1 Å². The lowest BCUT2D eigenvalue weighted by molar-refractivity contribution is 0.0924. The van der Waals surface area contributed by atoms with E-state index in [-0.39, 0.29) is 11.6 Å². The largest absolute Gasteiger partial charge is 0.286 e. The number of carbonyl (C=O) groups excluding carboxylic acids is 2. The van der Waals surface area contributed by atoms with Crippen molar-refractivity contribution in [2.45, 2.75) is 0 Å². The quantitative estimate of drug-likeness (QED) is 0.643. The van der Waals surface area contributed by atoms with Crippen LogP contribution in [0.3, 0.4) is 0 Å². The summed E-state index contributed by atoms with van der Waals surface area (Å²) < 4.78 is 0.937. The van der Waals surface area contributed by atoms with Gasteiger partial charge in [-0.2, -0.15) is 0 Å². The van der Waals surface area contributed by atoms with E-state index < -0.39 is 5.91 Å². The van der Waals surface area contributed by atoms with Gasteiger partial charge in [-0.15, -0.1) is 0 Å². The maximum absolute atomic E-state index is 12.3. The minimum atomic E-state index is -0.412. The number of imide groups is 1. The number of hydrogen-bond acceptors (Lipinski definition) is 5. The molecule has 2 aromatic heterocycles. The summed E-state index contributed by atoms with van der Waals surface area (Å²) in [4.78, 5) is 34.0. The fourth-order valence-corrected chi connectivity index (χ4v) is 3.16. The number of pyridine rings is 1. The Morgan fingerprint density at radius 2 is 1.85 bits per heavy atom. The molecule has 0 saturated heterocycles. The molecule has 1 aliphatic rings. The normalized spacial score (nSPS) is 14.1. The molecule has 3 heterocycles. The molecule has 5 nitrogen and oxygen atoms in total. The number of carbonyl (C=O) groups is 2. The zero-order valence-electron chi connectivity index (χ0n) is 10.1. The van der Waals surface area contributed by atoms with Crippen LogP contribution in [0.2, 0.25) is 0 Å². The second kappa shape index (κ2) is 3.94. The highest BCUT2D eigenvalue weighted by Crippen LogP contribution is 2.33. The predicted octanol–water partition coefficient (Wildman–Crippen LogP) is 2.49. The maximum Gasteiger partial charge on any atom is 0.286 e. The summed E-state index contributed by atoms with van der Waals surface area (Å²) in [6.07, 6.45) is 1.51. The number of benzene rings is 1. The molecule has 1 aliphatic heterocycles. The van der Waals surface area contributed by atoms with Crippen molar-refractivity contribution in [1.82, 2.24) is 9.97 Å². The van der Waals surface area contributed by atoms with Crippen molar-refractivity contribution in [2.75, 3.05) is 4.90 Å². The molecule has 96 valence electrons. The molecule has 0 N–H and O–H groups in total. The highest BCUT2D eigenvalue weighted by Gasteiger charge is 2.39. The molecular formula is C14H7N3O2S. The molecule has 0 radical (unpaired) electrons. The van der Waals surface area contributed by atoms with Crippen molar-refractivity contribution in [3.8, 4) is 0 Å². The van der Waals surface area contributed by atoms with Gasteiger partial charge in [-0.3, -0.25) is 14.6 Å². The number of nitrogens with zero attached hydrogens (tertiary/aromatic N) is 3. The first-order chi connectivity index (χ1) is 9.75. The van der Waals surface area contributed by atoms with E-state index in [1.54, 1.807) is 12.1 Å². The molecule has 0 bridgehead atoms. The van der Waals surface area contributed by atoms with E-state index in [1.807, 2.05) is 24.3 Å². The number of thiazole rings is 1. The molecule has 6 heteroatoms. The molecule has 0 aliphatic carbocycles. The number of amides is 2. The SMILES string of the molecule is O=C1c2cccnc2C(=O)N1c1nc2ccccc2s1. The third kappa shape index (κ3) is 1.42. The second-order valence-corrected chi connectivity index (χ2v) is 5.32. The van der Waals surface area contributed by atoms with Crippen LogP contribution < -0.4 is 4.90 Å². The lowest BCUT2D eigenvalue weighted by atomic mass is 10.2. The summed E-state index contributed by atoms with van der Waals surface area (Å²) in [5.41, 5.74) is 1.30. The summed E-state index contributed by atoms with van der Waals surface area (Å²) in [5.74, 6) is -0.776. The Bertz CT molecular complexity index is 803. The van der Waals surface area contributed by atoms with Crippen LogP contribution in [0.4, 0.5) is 5.13 Å². The van der Waals surface area contributed by atoms with Crippen LogP contribution in [-0.2, 0) is 0 Å². The van der Waals surface area contributed by atoms with E-state index in [9.17, 15) is 9.59 Å². The molecule has 0 saturated carbocycles. The van der Waals surface area contributed by atoms with Crippen LogP contribution in [0.25, 0.3) is 10.2 Å². The lowest BCUT2D eigenvalue weighted by Crippen LogP contribution is -2.29. The van der Waals surface area contributed by atoms with Crippen molar-refractivity contribution in [2.24, 2.45) is 0 Å². The van der Waals surface area contributed by atoms with Gasteiger partial charge >= 0.3 is 0 Å². The van der Waals surface area contributed by atoms with Gasteiger partial charge in [-0.25, -0.2) is 9.88 Å². The maximum atomic E-state index is 12.3. The molecule has 0 unspecified atom stereocenters. The van der Waals surface area contributed by atoms with E-state index in [0.29, 0.717) is 10.7 Å². The lowest BCUT2D eigenvalue weighted by Gasteiger charge is -2.07. The van der Waals surface area contributed by atoms with Crippen LogP contribution in [0.5, 0.6) is 0 Å². The van der Waals surface area contributed by atoms with Crippen LogP contribution in [-0.4, -0.2) is 21.8 Å². The van der Waals surface area contributed by atoms with Crippen molar-refractivity contribution in [1.29, 1.82) is 0 Å². The zero-order chi connectivity index (χ0) is 13.7. The number of anilines is 1. The standard InChI is InChI=1S/C14H7N3O2S/c18-12-8-4-3-7-15-11(8)13(19)17(12)14-16-9-5-1-2-6-10(9)20-14/h1-7H. The van der Waals surface area contributed by atoms with Crippen LogP contribution in [0.15, 0.2) is 42.6 Å². The van der Waals surface area contributed by atoms with E-state index in [2.05, 4.69) is 9.97 Å². The highest BCUT2D eigenvalue weighted by atomic mass is 32.1. The smallest absolute Gasteiger partial charge is 0.268 e. The van der Waals surface area contributed by atoms with Gasteiger partial charge in [0.2, 0.25) is 5.13 Å². The van der Waals surface area contributed by atoms with Gasteiger partial charge in [0.25, 0.3) is 11.8 Å². The molecule has 0 fully saturated rings. The van der Waals surface area contributed by atoms with Gasteiger partial charge in [0.1, 0.15) is 5.69 Å². The summed E-state index contributed by atoms with van der Waals surface area (Å²) in [7, 11) is 0. The third-order valence-corrected chi connectivity index (χ3v) is 4.14. The summed E-state index contributed by atoms with van der Waals surface area (Å²) in [5, 5.41) is 0.388. The Labute approximate surface area is 117 Å². The Morgan fingerprint density at radius 3 is 2.65 bits per heavy atom. The number of hydrogen-bond donors (Lipinski definition) is 0. The molecule has 2 amide bonds. The summed E-state index contributed by atoms with van der Waals surface area (Å²) in [6, 6.07) is 10.8. The predicted molar refractivity (Wildman–Crippen MR) is 75.0 cm³/mol. The first-order valence-corrected chi connectivity index (χ1v) is 6.77. The molecule has 0 spiro atoms. The van der Waals surface area contributed by atoms with Crippen molar-refractivity contribution in [3.05, 3.63) is 53.9 Å². The van der Waals surface area contributed by atoms with E-state index >= 15 is 0 Å². The topological polar surface area (TPSA) is 63.2 Å². The summed E-state index contributed by atoms with van der Waals surface area (Å²) >= 11 is 1.32. The Hall–Kier alpha value is -2.60. The van der Waals surface area contributed by atoms with Crippen LogP contribution >= 0.6 is 11.3 Å². The van der Waals surface area contributed by atoms with E-state index in [1.165, 1.54) is 17.5 Å². The molecule has 20 heavy (non-hydrogen) atoms. The first-order valence-electron chi connectivity index (χ1n) is 5.95. The fourth-order valence-electron chi connectivity index (χ4n) is 2.20. The molecular weight excluding hydrogens is 274 g/mol. The molecule has 1 aromatic carbocycles. The number of aromatic nitrogens is 2. The Balaban J connectivity index is 1.88. The highest BCUT2D eigenvalue weighted by molar-refractivity contribution is 7.22. The Morgan fingerprint density at radius 1 is 1.00 bits per heavy atom. The molecule has 0 atom stereocenters. The monoisotopic (exact) mass is 281 g/mol. The molecule has 3 aromatic rings. The summed E-state index contributed by atoms with van der Waals surface area (Å²) in [6.45, 7) is 0. The minimum Gasteiger partial charge on any atom is -0.268 e. The van der Waals surface area contributed by atoms with Gasteiger partial charge < -0.3 is 0 Å². The second-order valence-electron chi connectivity index (χ2n) is 4.31.